The van der Waals surface area contributed by atoms with E-state index in [1.807, 2.05) is 24.3 Å². The van der Waals surface area contributed by atoms with Crippen molar-refractivity contribution in [1.29, 1.82) is 0 Å². The first kappa shape index (κ1) is 24.4. The predicted octanol–water partition coefficient (Wildman–Crippen LogP) is 9.48. The summed E-state index contributed by atoms with van der Waals surface area (Å²) in [5.41, 5.74) is 8.76. The molecule has 2 nitrogen and oxygen atoms in total. The van der Waals surface area contributed by atoms with Crippen LogP contribution in [0, 0.1) is 27.7 Å². The summed E-state index contributed by atoms with van der Waals surface area (Å²) in [4.78, 5) is 15.7. The summed E-state index contributed by atoms with van der Waals surface area (Å²) in [7, 11) is 0. The maximum atomic E-state index is 13.3. The molecule has 7 rings (SSSR count). The molecule has 0 saturated carbocycles. The van der Waals surface area contributed by atoms with Crippen molar-refractivity contribution >= 4 is 82.4 Å². The Kier molecular flexibility index (Phi) is 5.75. The van der Waals surface area contributed by atoms with Gasteiger partial charge in [-0.05, 0) is 0 Å². The summed E-state index contributed by atoms with van der Waals surface area (Å²) in [5.74, 6) is 0. The molecule has 2 heterocycles. The number of benzene rings is 5. The normalized spacial score (nSPS) is 11.7. The Hall–Kier alpha value is -3.69. The minimum atomic E-state index is 0.133. The van der Waals surface area contributed by atoms with Gasteiger partial charge >= 0.3 is 238 Å². The van der Waals surface area contributed by atoms with Gasteiger partial charge in [0.15, 0.2) is 0 Å². The summed E-state index contributed by atoms with van der Waals surface area (Å²) < 4.78 is 4.78. The monoisotopic (exact) mass is 589 g/mol. The van der Waals surface area contributed by atoms with E-state index in [9.17, 15) is 4.79 Å². The van der Waals surface area contributed by atoms with Gasteiger partial charge in [-0.2, -0.15) is 0 Å². The molecule has 0 radical (unpaired) electrons. The Balaban J connectivity index is 1.46. The topological polar surface area (TPSA) is 20.3 Å². The molecule has 0 amide bonds. The quantitative estimate of drug-likeness (QED) is 0.151. The molecular weight excluding hydrogens is 561 g/mol. The molecule has 0 aliphatic heterocycles. The second-order valence-electron chi connectivity index (χ2n) is 10.5. The van der Waals surface area contributed by atoms with Crippen molar-refractivity contribution in [2.75, 3.05) is 4.90 Å². The summed E-state index contributed by atoms with van der Waals surface area (Å²) in [6.07, 6.45) is 0. The van der Waals surface area contributed by atoms with Crippen LogP contribution in [0.1, 0.15) is 22.3 Å². The van der Waals surface area contributed by atoms with E-state index < -0.39 is 0 Å². The molecule has 0 spiro atoms. The molecule has 2 aromatic heterocycles. The van der Waals surface area contributed by atoms with Crippen LogP contribution in [0.5, 0.6) is 0 Å². The second-order valence-corrected chi connectivity index (χ2v) is 13.8. The number of aryl methyl sites for hydroxylation is 4. The Morgan fingerprint density at radius 1 is 0.590 bits per heavy atom. The number of hydrogen-bond acceptors (Lipinski definition) is 3. The molecular formula is C35H27NOSSe. The van der Waals surface area contributed by atoms with E-state index in [2.05, 4.69) is 99.3 Å². The van der Waals surface area contributed by atoms with E-state index in [-0.39, 0.29) is 19.9 Å². The standard InChI is InChI=1S/C35H27NOSSe/c1-20-9-13-29(22(3)15-20)36(30-14-10-21(2)16-23(30)4)24-11-12-25-27-18-32-28(19-34(27)39-33(25)17-24)35(37)26-7-5-6-8-31(26)38-32/h5-19H,1-4H3. The number of hydrogen-bond donors (Lipinski definition) is 0. The van der Waals surface area contributed by atoms with Crippen LogP contribution in [-0.4, -0.2) is 14.5 Å². The van der Waals surface area contributed by atoms with Crippen molar-refractivity contribution in [3.05, 3.63) is 123 Å². The maximum absolute atomic E-state index is 13.3. The van der Waals surface area contributed by atoms with Crippen LogP contribution in [0.2, 0.25) is 0 Å². The molecule has 0 fully saturated rings. The third-order valence-corrected chi connectivity index (χ3v) is 11.1. The molecule has 5 aromatic carbocycles. The van der Waals surface area contributed by atoms with Crippen molar-refractivity contribution in [2.24, 2.45) is 0 Å². The van der Waals surface area contributed by atoms with Crippen LogP contribution in [0.15, 0.2) is 95.8 Å². The zero-order valence-corrected chi connectivity index (χ0v) is 24.9. The first-order valence-corrected chi connectivity index (χ1v) is 15.7. The Morgan fingerprint density at radius 2 is 1.26 bits per heavy atom. The van der Waals surface area contributed by atoms with Gasteiger partial charge in [-0.1, -0.05) is 0 Å². The minimum absolute atomic E-state index is 0.133. The van der Waals surface area contributed by atoms with Crippen LogP contribution in [0.4, 0.5) is 17.1 Å². The molecule has 0 aliphatic rings. The fraction of sp³-hybridized carbons (Fsp3) is 0.114. The summed E-state index contributed by atoms with van der Waals surface area (Å²) in [6.45, 7) is 8.69. The average Bonchev–Trinajstić information content (AvgIpc) is 3.27. The summed E-state index contributed by atoms with van der Waals surface area (Å²) in [6, 6.07) is 32.7. The SMILES string of the molecule is Cc1ccc(N(c2ccc3c(c2)[se]c2cc4c(=O)c5ccccc5sc4cc23)c2ccc(C)cc2C)c(C)c1. The predicted molar refractivity (Wildman–Crippen MR) is 171 cm³/mol. The Labute approximate surface area is 237 Å². The Morgan fingerprint density at radius 3 is 1.95 bits per heavy atom. The van der Waals surface area contributed by atoms with Crippen LogP contribution < -0.4 is 10.3 Å². The van der Waals surface area contributed by atoms with Crippen molar-refractivity contribution in [2.45, 2.75) is 27.7 Å². The molecule has 7 aromatic rings. The van der Waals surface area contributed by atoms with E-state index in [0.717, 1.165) is 20.2 Å². The number of rotatable bonds is 3. The first-order chi connectivity index (χ1) is 18.9. The molecule has 0 unspecified atom stereocenters. The van der Waals surface area contributed by atoms with Crippen LogP contribution >= 0.6 is 11.3 Å². The Bertz CT molecular complexity index is 2100. The van der Waals surface area contributed by atoms with E-state index in [4.69, 9.17) is 0 Å². The molecule has 0 aliphatic carbocycles. The van der Waals surface area contributed by atoms with Gasteiger partial charge in [0.05, 0.1) is 0 Å². The third-order valence-electron chi connectivity index (χ3n) is 7.60. The van der Waals surface area contributed by atoms with E-state index in [1.165, 1.54) is 58.6 Å². The molecule has 0 saturated heterocycles. The van der Waals surface area contributed by atoms with Gasteiger partial charge in [0.2, 0.25) is 0 Å². The van der Waals surface area contributed by atoms with E-state index in [1.54, 1.807) is 11.3 Å². The first-order valence-electron chi connectivity index (χ1n) is 13.1. The molecule has 0 atom stereocenters. The second kappa shape index (κ2) is 9.20. The van der Waals surface area contributed by atoms with Gasteiger partial charge in [0.25, 0.3) is 0 Å². The van der Waals surface area contributed by atoms with Crippen molar-refractivity contribution in [1.82, 2.24) is 0 Å². The van der Waals surface area contributed by atoms with E-state index >= 15 is 0 Å². The average molecular weight is 589 g/mol. The van der Waals surface area contributed by atoms with E-state index in [0.29, 0.717) is 0 Å². The van der Waals surface area contributed by atoms with Gasteiger partial charge < -0.3 is 0 Å². The third kappa shape index (κ3) is 4.03. The fourth-order valence-corrected chi connectivity index (χ4v) is 9.25. The van der Waals surface area contributed by atoms with Gasteiger partial charge in [0.1, 0.15) is 0 Å². The number of anilines is 3. The van der Waals surface area contributed by atoms with Crippen LogP contribution in [0.3, 0.4) is 0 Å². The molecule has 0 bridgehead atoms. The van der Waals surface area contributed by atoms with Gasteiger partial charge in [-0.3, -0.25) is 0 Å². The van der Waals surface area contributed by atoms with Crippen molar-refractivity contribution in [3.63, 3.8) is 0 Å². The zero-order chi connectivity index (χ0) is 26.8. The van der Waals surface area contributed by atoms with Crippen molar-refractivity contribution < 1.29 is 0 Å². The summed E-state index contributed by atoms with van der Waals surface area (Å²) in [5, 5.41) is 4.24. The number of fused-ring (bicyclic) bond motifs is 5. The fourth-order valence-electron chi connectivity index (χ4n) is 5.72. The van der Waals surface area contributed by atoms with Gasteiger partial charge in [-0.15, -0.1) is 0 Å². The molecule has 4 heteroatoms. The summed E-state index contributed by atoms with van der Waals surface area (Å²) >= 11 is 1.85. The van der Waals surface area contributed by atoms with Gasteiger partial charge in [-0.25, -0.2) is 0 Å². The molecule has 39 heavy (non-hydrogen) atoms. The van der Waals surface area contributed by atoms with Gasteiger partial charge in [0, 0.05) is 0 Å². The number of nitrogens with zero attached hydrogens (tertiary/aromatic N) is 1. The zero-order valence-electron chi connectivity index (χ0n) is 22.3. The molecule has 0 N–H and O–H groups in total. The van der Waals surface area contributed by atoms with Crippen molar-refractivity contribution in [3.8, 4) is 0 Å². The molecule has 190 valence electrons. The van der Waals surface area contributed by atoms with Crippen LogP contribution in [-0.2, 0) is 0 Å². The van der Waals surface area contributed by atoms with Crippen LogP contribution in [0.25, 0.3) is 39.5 Å².